The van der Waals surface area contributed by atoms with Crippen LogP contribution >= 0.6 is 12.6 Å². The minimum absolute atomic E-state index is 0.00702. The number of rotatable bonds is 2. The van der Waals surface area contributed by atoms with Crippen LogP contribution in [0.4, 0.5) is 5.95 Å². The molecule has 7 nitrogen and oxygen atoms in total. The topological polar surface area (TPSA) is 118 Å². The van der Waals surface area contributed by atoms with Crippen molar-refractivity contribution < 1.29 is 9.90 Å². The number of nitrogens with one attached hydrogen (secondary N) is 1. The van der Waals surface area contributed by atoms with E-state index < -0.39 is 11.9 Å². The Morgan fingerprint density at radius 2 is 2.19 bits per heavy atom. The Bertz CT molecular complexity index is 567. The summed E-state index contributed by atoms with van der Waals surface area (Å²) in [5.41, 5.74) is 6.54. The lowest BCUT2D eigenvalue weighted by Crippen LogP contribution is -2.12. The average Bonchev–Trinajstić information content (AvgIpc) is 2.55. The highest BCUT2D eigenvalue weighted by atomic mass is 32.1. The highest BCUT2D eigenvalue weighted by Crippen LogP contribution is 2.23. The monoisotopic (exact) mass is 239 g/mol. The molecule has 4 N–H and O–H groups in total. The van der Waals surface area contributed by atoms with Crippen LogP contribution in [0.1, 0.15) is 18.5 Å². The normalized spacial score (nSPS) is 12.9. The third kappa shape index (κ3) is 1.67. The SMILES string of the molecule is CC(C(=O)O)c1nc(N)nc2[nH]c(S)nc12. The van der Waals surface area contributed by atoms with Gasteiger partial charge in [0.15, 0.2) is 10.8 Å². The summed E-state index contributed by atoms with van der Waals surface area (Å²) >= 11 is 4.02. The molecule has 0 saturated heterocycles. The predicted molar refractivity (Wildman–Crippen MR) is 59.4 cm³/mol. The molecular formula is C8H9N5O2S. The van der Waals surface area contributed by atoms with Gasteiger partial charge in [0.05, 0.1) is 11.6 Å². The summed E-state index contributed by atoms with van der Waals surface area (Å²) in [5, 5.41) is 9.28. The molecule has 1 atom stereocenters. The molecule has 0 amide bonds. The number of fused-ring (bicyclic) bond motifs is 1. The maximum atomic E-state index is 10.9. The number of anilines is 1. The van der Waals surface area contributed by atoms with Crippen LogP contribution < -0.4 is 5.73 Å². The van der Waals surface area contributed by atoms with E-state index in [4.69, 9.17) is 10.8 Å². The van der Waals surface area contributed by atoms with Crippen molar-refractivity contribution in [2.24, 2.45) is 0 Å². The minimum Gasteiger partial charge on any atom is -0.481 e. The molecule has 0 aliphatic heterocycles. The lowest BCUT2D eigenvalue weighted by molar-refractivity contribution is -0.138. The molecule has 16 heavy (non-hydrogen) atoms. The van der Waals surface area contributed by atoms with E-state index in [-0.39, 0.29) is 11.6 Å². The van der Waals surface area contributed by atoms with Crippen molar-refractivity contribution in [3.05, 3.63) is 5.69 Å². The molecule has 0 aliphatic carbocycles. The van der Waals surface area contributed by atoms with Gasteiger partial charge >= 0.3 is 5.97 Å². The van der Waals surface area contributed by atoms with Crippen LogP contribution in [0.5, 0.6) is 0 Å². The molecule has 1 unspecified atom stereocenters. The first-order valence-electron chi connectivity index (χ1n) is 4.44. The van der Waals surface area contributed by atoms with Gasteiger partial charge in [0.25, 0.3) is 0 Å². The number of nitrogens with two attached hydrogens (primary N) is 1. The van der Waals surface area contributed by atoms with Crippen LogP contribution in [-0.2, 0) is 4.79 Å². The van der Waals surface area contributed by atoms with Gasteiger partial charge in [-0.1, -0.05) is 0 Å². The summed E-state index contributed by atoms with van der Waals surface area (Å²) in [6.07, 6.45) is 0. The molecule has 0 aromatic carbocycles. The molecule has 2 heterocycles. The van der Waals surface area contributed by atoms with Crippen molar-refractivity contribution in [3.63, 3.8) is 0 Å². The zero-order valence-corrected chi connectivity index (χ0v) is 9.19. The number of aromatic nitrogens is 4. The first kappa shape index (κ1) is 10.7. The summed E-state index contributed by atoms with van der Waals surface area (Å²) in [6.45, 7) is 1.51. The van der Waals surface area contributed by atoms with Crippen LogP contribution in [-0.4, -0.2) is 31.0 Å². The number of aliphatic carboxylic acids is 1. The molecule has 0 bridgehead atoms. The molecule has 2 rings (SSSR count). The fraction of sp³-hybridized carbons (Fsp3) is 0.250. The lowest BCUT2D eigenvalue weighted by Gasteiger charge is -2.06. The molecule has 0 aliphatic rings. The fourth-order valence-corrected chi connectivity index (χ4v) is 1.55. The summed E-state index contributed by atoms with van der Waals surface area (Å²) in [7, 11) is 0. The van der Waals surface area contributed by atoms with E-state index in [0.717, 1.165) is 0 Å². The third-order valence-corrected chi connectivity index (χ3v) is 2.37. The van der Waals surface area contributed by atoms with Gasteiger partial charge in [-0.25, -0.2) is 9.97 Å². The van der Waals surface area contributed by atoms with E-state index in [1.165, 1.54) is 6.92 Å². The number of aromatic amines is 1. The van der Waals surface area contributed by atoms with E-state index in [1.54, 1.807) is 0 Å². The number of nitrogen functional groups attached to an aromatic ring is 1. The van der Waals surface area contributed by atoms with Crippen LogP contribution in [0.3, 0.4) is 0 Å². The van der Waals surface area contributed by atoms with Gasteiger partial charge < -0.3 is 15.8 Å². The maximum Gasteiger partial charge on any atom is 0.312 e. The molecule has 2 aromatic rings. The lowest BCUT2D eigenvalue weighted by atomic mass is 10.1. The quantitative estimate of drug-likeness (QED) is 0.564. The van der Waals surface area contributed by atoms with Crippen molar-refractivity contribution in [2.75, 3.05) is 5.73 Å². The smallest absolute Gasteiger partial charge is 0.312 e. The van der Waals surface area contributed by atoms with Gasteiger partial charge in [-0.2, -0.15) is 4.98 Å². The Kier molecular flexibility index (Phi) is 2.43. The summed E-state index contributed by atoms with van der Waals surface area (Å²) in [5.74, 6) is -1.79. The fourth-order valence-electron chi connectivity index (χ4n) is 1.35. The van der Waals surface area contributed by atoms with Crippen LogP contribution in [0.15, 0.2) is 5.16 Å². The van der Waals surface area contributed by atoms with E-state index in [1.807, 2.05) is 0 Å². The van der Waals surface area contributed by atoms with Crippen LogP contribution in [0.2, 0.25) is 0 Å². The summed E-state index contributed by atoms with van der Waals surface area (Å²) in [6, 6.07) is 0. The van der Waals surface area contributed by atoms with E-state index >= 15 is 0 Å². The molecule has 0 spiro atoms. The Hall–Kier alpha value is -1.83. The third-order valence-electron chi connectivity index (χ3n) is 2.16. The van der Waals surface area contributed by atoms with Gasteiger partial charge in [-0.3, -0.25) is 4.79 Å². The number of nitrogens with zero attached hydrogens (tertiary/aromatic N) is 3. The first-order valence-corrected chi connectivity index (χ1v) is 4.88. The van der Waals surface area contributed by atoms with E-state index in [2.05, 4.69) is 32.6 Å². The van der Waals surface area contributed by atoms with Crippen molar-refractivity contribution in [3.8, 4) is 0 Å². The average molecular weight is 239 g/mol. The van der Waals surface area contributed by atoms with E-state index in [0.29, 0.717) is 16.3 Å². The van der Waals surface area contributed by atoms with Gasteiger partial charge in [0.1, 0.15) is 5.52 Å². The number of thiol groups is 1. The number of H-pyrrole nitrogens is 1. The largest absolute Gasteiger partial charge is 0.481 e. The highest BCUT2D eigenvalue weighted by Gasteiger charge is 2.21. The Morgan fingerprint density at radius 3 is 2.81 bits per heavy atom. The number of carboxylic acids is 1. The number of carbonyl (C=O) groups is 1. The van der Waals surface area contributed by atoms with E-state index in [9.17, 15) is 4.79 Å². The van der Waals surface area contributed by atoms with Crippen molar-refractivity contribution in [2.45, 2.75) is 18.0 Å². The summed E-state index contributed by atoms with van der Waals surface area (Å²) in [4.78, 5) is 25.5. The molecule has 0 radical (unpaired) electrons. The van der Waals surface area contributed by atoms with Gasteiger partial charge in [-0.05, 0) is 6.92 Å². The van der Waals surface area contributed by atoms with Gasteiger partial charge in [0, 0.05) is 0 Å². The molecule has 0 saturated carbocycles. The number of hydrogen-bond acceptors (Lipinski definition) is 6. The predicted octanol–water partition coefficient (Wildman–Crippen LogP) is 0.412. The molecule has 2 aromatic heterocycles. The van der Waals surface area contributed by atoms with Gasteiger partial charge in [-0.15, -0.1) is 12.6 Å². The highest BCUT2D eigenvalue weighted by molar-refractivity contribution is 7.80. The van der Waals surface area contributed by atoms with Gasteiger partial charge in [0.2, 0.25) is 5.95 Å². The van der Waals surface area contributed by atoms with Crippen molar-refractivity contribution in [1.29, 1.82) is 0 Å². The van der Waals surface area contributed by atoms with Crippen molar-refractivity contribution in [1.82, 2.24) is 19.9 Å². The zero-order chi connectivity index (χ0) is 11.9. The number of imidazole rings is 1. The molecular weight excluding hydrogens is 230 g/mol. The van der Waals surface area contributed by atoms with Crippen LogP contribution in [0, 0.1) is 0 Å². The zero-order valence-electron chi connectivity index (χ0n) is 8.30. The Labute approximate surface area is 95.5 Å². The number of carboxylic acid groups (broad SMARTS) is 1. The molecule has 0 fully saturated rings. The second-order valence-electron chi connectivity index (χ2n) is 3.28. The molecule has 84 valence electrons. The standard InChI is InChI=1S/C8H9N5O2S/c1-2(6(14)15)3-4-5(12-7(9)10-3)13-8(16)11-4/h2H,1H3,(H,14,15)(H4,9,10,11,12,13,16). The van der Waals surface area contributed by atoms with Crippen LogP contribution in [0.25, 0.3) is 11.2 Å². The Morgan fingerprint density at radius 1 is 1.50 bits per heavy atom. The Balaban J connectivity index is 2.71. The molecule has 8 heteroatoms. The number of hydrogen-bond donors (Lipinski definition) is 4. The van der Waals surface area contributed by atoms with Crippen molar-refractivity contribution >= 4 is 35.7 Å². The maximum absolute atomic E-state index is 10.9. The second-order valence-corrected chi connectivity index (χ2v) is 3.71. The first-order chi connectivity index (χ1) is 7.49. The second kappa shape index (κ2) is 3.63. The summed E-state index contributed by atoms with van der Waals surface area (Å²) < 4.78 is 0. The minimum atomic E-state index is -0.997.